The number of anilines is 3. The molecule has 20 heavy (non-hydrogen) atoms. The average Bonchev–Trinajstić information content (AvgIpc) is 2.45. The molecule has 3 N–H and O–H groups in total. The fourth-order valence-corrected chi connectivity index (χ4v) is 2.37. The number of hydrogen-bond donors (Lipinski definition) is 2. The van der Waals surface area contributed by atoms with Crippen molar-refractivity contribution < 1.29 is 0 Å². The Morgan fingerprint density at radius 2 is 1.80 bits per heavy atom. The zero-order chi connectivity index (χ0) is 14.1. The van der Waals surface area contributed by atoms with E-state index in [2.05, 4.69) is 10.3 Å². The van der Waals surface area contributed by atoms with Crippen LogP contribution in [0.25, 0.3) is 10.8 Å². The van der Waals surface area contributed by atoms with E-state index in [-0.39, 0.29) is 0 Å². The zero-order valence-corrected chi connectivity index (χ0v) is 11.9. The molecule has 0 saturated carbocycles. The Labute approximate surface area is 126 Å². The maximum Gasteiger partial charge on any atom is 0.0634 e. The Hall–Kier alpha value is -1.97. The number of rotatable bonds is 2. The minimum atomic E-state index is 0.439. The molecule has 0 aliphatic heterocycles. The summed E-state index contributed by atoms with van der Waals surface area (Å²) in [7, 11) is 0. The predicted molar refractivity (Wildman–Crippen MR) is 85.9 cm³/mol. The van der Waals surface area contributed by atoms with Crippen LogP contribution in [0, 0.1) is 0 Å². The van der Waals surface area contributed by atoms with Crippen molar-refractivity contribution >= 4 is 51.0 Å². The fourth-order valence-electron chi connectivity index (χ4n) is 2.04. The molecule has 3 aromatic rings. The largest absolute Gasteiger partial charge is 0.397 e. The molecule has 0 aliphatic carbocycles. The highest BCUT2D eigenvalue weighted by atomic mass is 35.5. The number of nitrogens with two attached hydrogens (primary N) is 1. The van der Waals surface area contributed by atoms with Gasteiger partial charge in [-0.2, -0.15) is 0 Å². The maximum atomic E-state index is 6.03. The normalized spacial score (nSPS) is 10.7. The molecule has 1 aromatic heterocycles. The van der Waals surface area contributed by atoms with E-state index in [0.717, 1.165) is 22.1 Å². The van der Waals surface area contributed by atoms with Crippen LogP contribution in [0.3, 0.4) is 0 Å². The summed E-state index contributed by atoms with van der Waals surface area (Å²) in [6.45, 7) is 0. The lowest BCUT2D eigenvalue weighted by atomic mass is 10.1. The van der Waals surface area contributed by atoms with E-state index < -0.39 is 0 Å². The monoisotopic (exact) mass is 303 g/mol. The van der Waals surface area contributed by atoms with Crippen molar-refractivity contribution in [1.29, 1.82) is 0 Å². The van der Waals surface area contributed by atoms with Crippen LogP contribution >= 0.6 is 23.2 Å². The summed E-state index contributed by atoms with van der Waals surface area (Å²) < 4.78 is 0. The third-order valence-electron chi connectivity index (χ3n) is 3.05. The summed E-state index contributed by atoms with van der Waals surface area (Å²) in [6, 6.07) is 11.3. The number of nitrogen functional groups attached to an aromatic ring is 1. The van der Waals surface area contributed by atoms with Crippen LogP contribution in [-0.4, -0.2) is 4.98 Å². The van der Waals surface area contributed by atoms with Crippen LogP contribution in [0.5, 0.6) is 0 Å². The van der Waals surface area contributed by atoms with Crippen LogP contribution in [0.2, 0.25) is 10.0 Å². The molecular formula is C15H11Cl2N3. The quantitative estimate of drug-likeness (QED) is 0.664. The van der Waals surface area contributed by atoms with E-state index in [1.165, 1.54) is 0 Å². The van der Waals surface area contributed by atoms with E-state index in [9.17, 15) is 0 Å². The molecule has 0 unspecified atom stereocenters. The van der Waals surface area contributed by atoms with Crippen LogP contribution < -0.4 is 11.1 Å². The Bertz CT molecular complexity index is 782. The van der Waals surface area contributed by atoms with Gasteiger partial charge in [0, 0.05) is 23.5 Å². The smallest absolute Gasteiger partial charge is 0.0634 e. The van der Waals surface area contributed by atoms with E-state index in [4.69, 9.17) is 28.9 Å². The molecule has 0 radical (unpaired) electrons. The first-order valence-electron chi connectivity index (χ1n) is 5.99. The highest BCUT2D eigenvalue weighted by molar-refractivity contribution is 6.42. The van der Waals surface area contributed by atoms with Crippen molar-refractivity contribution in [2.75, 3.05) is 11.1 Å². The van der Waals surface area contributed by atoms with Gasteiger partial charge in [-0.3, -0.25) is 4.98 Å². The molecule has 0 saturated heterocycles. The van der Waals surface area contributed by atoms with Crippen molar-refractivity contribution in [2.45, 2.75) is 0 Å². The second-order valence-corrected chi connectivity index (χ2v) is 5.20. The van der Waals surface area contributed by atoms with Gasteiger partial charge in [0.2, 0.25) is 0 Å². The van der Waals surface area contributed by atoms with Gasteiger partial charge in [0.1, 0.15) is 0 Å². The Morgan fingerprint density at radius 1 is 1.00 bits per heavy atom. The summed E-state index contributed by atoms with van der Waals surface area (Å²) in [6.07, 6.45) is 3.57. The van der Waals surface area contributed by atoms with E-state index >= 15 is 0 Å². The molecule has 0 amide bonds. The highest BCUT2D eigenvalue weighted by Crippen LogP contribution is 2.34. The maximum absolute atomic E-state index is 6.03. The number of hydrogen-bond acceptors (Lipinski definition) is 3. The lowest BCUT2D eigenvalue weighted by Crippen LogP contribution is -1.97. The van der Waals surface area contributed by atoms with Crippen LogP contribution in [0.15, 0.2) is 48.8 Å². The SMILES string of the molecule is Nc1cc(Cl)c(Cl)cc1Nc1cccc2ccncc12. The molecular weight excluding hydrogens is 293 g/mol. The van der Waals surface area contributed by atoms with E-state index in [0.29, 0.717) is 15.7 Å². The summed E-state index contributed by atoms with van der Waals surface area (Å²) in [5.74, 6) is 0. The highest BCUT2D eigenvalue weighted by Gasteiger charge is 2.07. The predicted octanol–water partition coefficient (Wildman–Crippen LogP) is 4.87. The minimum absolute atomic E-state index is 0.439. The number of pyridine rings is 1. The van der Waals surface area contributed by atoms with Crippen LogP contribution in [0.4, 0.5) is 17.1 Å². The standard InChI is InChI=1S/C15H11Cl2N3/c16-11-6-13(18)15(7-12(11)17)20-14-3-1-2-9-4-5-19-8-10(9)14/h1-8,20H,18H2. The summed E-state index contributed by atoms with van der Waals surface area (Å²) in [5.41, 5.74) is 8.14. The van der Waals surface area contributed by atoms with Crippen molar-refractivity contribution in [2.24, 2.45) is 0 Å². The van der Waals surface area contributed by atoms with Crippen molar-refractivity contribution in [3.63, 3.8) is 0 Å². The van der Waals surface area contributed by atoms with Gasteiger partial charge >= 0.3 is 0 Å². The third kappa shape index (κ3) is 2.38. The van der Waals surface area contributed by atoms with Gasteiger partial charge < -0.3 is 11.1 Å². The van der Waals surface area contributed by atoms with Crippen LogP contribution in [-0.2, 0) is 0 Å². The average molecular weight is 304 g/mol. The van der Waals surface area contributed by atoms with E-state index in [1.807, 2.05) is 30.5 Å². The summed E-state index contributed by atoms with van der Waals surface area (Å²) in [5, 5.41) is 6.29. The molecule has 0 aliphatic rings. The molecule has 0 fully saturated rings. The van der Waals surface area contributed by atoms with Gasteiger partial charge in [0.25, 0.3) is 0 Å². The number of halogens is 2. The third-order valence-corrected chi connectivity index (χ3v) is 3.77. The second kappa shape index (κ2) is 5.19. The fraction of sp³-hybridized carbons (Fsp3) is 0. The minimum Gasteiger partial charge on any atom is -0.397 e. The second-order valence-electron chi connectivity index (χ2n) is 4.38. The molecule has 0 bridgehead atoms. The van der Waals surface area contributed by atoms with Crippen LogP contribution in [0.1, 0.15) is 0 Å². The Balaban J connectivity index is 2.08. The first kappa shape index (κ1) is 13.0. The van der Waals surface area contributed by atoms with Gasteiger partial charge in [-0.25, -0.2) is 0 Å². The molecule has 5 heteroatoms. The number of fused-ring (bicyclic) bond motifs is 1. The number of aromatic nitrogens is 1. The van der Waals surface area contributed by atoms with Gasteiger partial charge in [-0.15, -0.1) is 0 Å². The number of nitrogens with zero attached hydrogens (tertiary/aromatic N) is 1. The molecule has 0 spiro atoms. The Morgan fingerprint density at radius 3 is 2.65 bits per heavy atom. The lowest BCUT2D eigenvalue weighted by molar-refractivity contribution is 1.36. The number of benzene rings is 2. The lowest BCUT2D eigenvalue weighted by Gasteiger charge is -2.12. The molecule has 0 atom stereocenters. The first-order chi connectivity index (χ1) is 9.65. The van der Waals surface area contributed by atoms with Gasteiger partial charge in [-0.05, 0) is 29.7 Å². The van der Waals surface area contributed by atoms with Crippen molar-refractivity contribution in [3.8, 4) is 0 Å². The molecule has 100 valence electrons. The molecule has 1 heterocycles. The summed E-state index contributed by atoms with van der Waals surface area (Å²) >= 11 is 12.0. The van der Waals surface area contributed by atoms with Gasteiger partial charge in [0.15, 0.2) is 0 Å². The number of nitrogens with one attached hydrogen (secondary N) is 1. The zero-order valence-electron chi connectivity index (χ0n) is 10.4. The van der Waals surface area contributed by atoms with Gasteiger partial charge in [-0.1, -0.05) is 35.3 Å². The van der Waals surface area contributed by atoms with Gasteiger partial charge in [0.05, 0.1) is 21.4 Å². The van der Waals surface area contributed by atoms with Crippen molar-refractivity contribution in [1.82, 2.24) is 4.98 Å². The first-order valence-corrected chi connectivity index (χ1v) is 6.75. The molecule has 3 nitrogen and oxygen atoms in total. The topological polar surface area (TPSA) is 50.9 Å². The molecule has 2 aromatic carbocycles. The van der Waals surface area contributed by atoms with E-state index in [1.54, 1.807) is 18.3 Å². The van der Waals surface area contributed by atoms with Crippen molar-refractivity contribution in [3.05, 3.63) is 58.8 Å². The Kier molecular flexibility index (Phi) is 3.38. The summed E-state index contributed by atoms with van der Waals surface area (Å²) in [4.78, 5) is 4.15. The molecule has 3 rings (SSSR count).